The number of hydrogen-bond donors (Lipinski definition) is 1. The molecule has 0 saturated heterocycles. The minimum atomic E-state index is -0.623. The Labute approximate surface area is 93.8 Å². The summed E-state index contributed by atoms with van der Waals surface area (Å²) >= 11 is 5.55. The summed E-state index contributed by atoms with van der Waals surface area (Å²) in [7, 11) is 0. The topological polar surface area (TPSA) is 113 Å². The zero-order valence-electron chi connectivity index (χ0n) is 7.74. The van der Waals surface area contributed by atoms with E-state index in [1.54, 1.807) is 0 Å². The first-order chi connectivity index (χ1) is 7.59. The molecule has 0 aliphatic rings. The minimum absolute atomic E-state index is 0.110. The largest absolute Gasteiger partial charge is 0.378 e. The van der Waals surface area contributed by atoms with E-state index in [1.165, 1.54) is 12.1 Å². The maximum Gasteiger partial charge on any atom is 0.331 e. The highest BCUT2D eigenvalue weighted by molar-refractivity contribution is 6.29. The molecular weight excluding hydrogens is 236 g/mol. The van der Waals surface area contributed by atoms with Crippen molar-refractivity contribution < 1.29 is 4.92 Å². The van der Waals surface area contributed by atoms with Crippen molar-refractivity contribution in [3.05, 3.63) is 33.6 Å². The molecule has 0 amide bonds. The van der Waals surface area contributed by atoms with E-state index in [9.17, 15) is 10.1 Å². The SMILES string of the molecule is Nc1c([N+](=O)[O-])cnn1-c1ccc(Cl)nn1. The van der Waals surface area contributed by atoms with Gasteiger partial charge in [0, 0.05) is 0 Å². The van der Waals surface area contributed by atoms with Crippen LogP contribution < -0.4 is 5.73 Å². The van der Waals surface area contributed by atoms with Gasteiger partial charge in [0.2, 0.25) is 5.82 Å². The summed E-state index contributed by atoms with van der Waals surface area (Å²) in [5, 5.41) is 21.8. The van der Waals surface area contributed by atoms with Gasteiger partial charge in [-0.15, -0.1) is 10.2 Å². The van der Waals surface area contributed by atoms with Gasteiger partial charge in [0.05, 0.1) is 4.92 Å². The van der Waals surface area contributed by atoms with Gasteiger partial charge < -0.3 is 5.73 Å². The number of nitrogen functional groups attached to an aromatic ring is 1. The first-order valence-electron chi connectivity index (χ1n) is 4.07. The van der Waals surface area contributed by atoms with Gasteiger partial charge in [-0.05, 0) is 12.1 Å². The molecule has 0 atom stereocenters. The fourth-order valence-electron chi connectivity index (χ4n) is 1.09. The second-order valence-corrected chi connectivity index (χ2v) is 3.19. The lowest BCUT2D eigenvalue weighted by Gasteiger charge is -2.00. The monoisotopic (exact) mass is 240 g/mol. The highest BCUT2D eigenvalue weighted by atomic mass is 35.5. The van der Waals surface area contributed by atoms with Crippen LogP contribution in [0.5, 0.6) is 0 Å². The third kappa shape index (κ3) is 1.65. The molecule has 2 rings (SSSR count). The van der Waals surface area contributed by atoms with Crippen molar-refractivity contribution >= 4 is 23.1 Å². The first-order valence-corrected chi connectivity index (χ1v) is 4.45. The van der Waals surface area contributed by atoms with E-state index < -0.39 is 4.92 Å². The summed E-state index contributed by atoms with van der Waals surface area (Å²) < 4.78 is 1.11. The van der Waals surface area contributed by atoms with E-state index in [4.69, 9.17) is 17.3 Å². The lowest BCUT2D eigenvalue weighted by atomic mass is 10.5. The van der Waals surface area contributed by atoms with Crippen molar-refractivity contribution in [3.63, 3.8) is 0 Å². The second kappa shape index (κ2) is 3.74. The number of nitrogens with two attached hydrogens (primary N) is 1. The van der Waals surface area contributed by atoms with Gasteiger partial charge in [0.1, 0.15) is 6.20 Å². The summed E-state index contributed by atoms with van der Waals surface area (Å²) in [5.74, 6) is 0.150. The summed E-state index contributed by atoms with van der Waals surface area (Å²) in [4.78, 5) is 9.91. The fourth-order valence-corrected chi connectivity index (χ4v) is 1.20. The number of hydrogen-bond acceptors (Lipinski definition) is 6. The molecule has 2 heterocycles. The molecular formula is C7H5ClN6O2. The van der Waals surface area contributed by atoms with Gasteiger partial charge in [0.15, 0.2) is 11.0 Å². The van der Waals surface area contributed by atoms with Crippen molar-refractivity contribution in [2.24, 2.45) is 0 Å². The van der Waals surface area contributed by atoms with Crippen LogP contribution in [0.3, 0.4) is 0 Å². The van der Waals surface area contributed by atoms with Gasteiger partial charge in [-0.3, -0.25) is 10.1 Å². The Morgan fingerprint density at radius 3 is 2.69 bits per heavy atom. The molecule has 16 heavy (non-hydrogen) atoms. The van der Waals surface area contributed by atoms with Gasteiger partial charge in [-0.2, -0.15) is 9.78 Å². The molecule has 0 aromatic carbocycles. The third-order valence-electron chi connectivity index (χ3n) is 1.82. The smallest absolute Gasteiger partial charge is 0.331 e. The van der Waals surface area contributed by atoms with Crippen LogP contribution in [0.15, 0.2) is 18.3 Å². The normalized spacial score (nSPS) is 10.3. The van der Waals surface area contributed by atoms with Gasteiger partial charge >= 0.3 is 5.69 Å². The average Bonchev–Trinajstić information content (AvgIpc) is 2.61. The predicted octanol–water partition coefficient (Wildman–Crippen LogP) is 0.806. The first kappa shape index (κ1) is 10.3. The van der Waals surface area contributed by atoms with Crippen molar-refractivity contribution in [1.29, 1.82) is 0 Å². The van der Waals surface area contributed by atoms with E-state index in [0.29, 0.717) is 0 Å². The van der Waals surface area contributed by atoms with E-state index in [2.05, 4.69) is 15.3 Å². The molecule has 0 fully saturated rings. The molecule has 2 N–H and O–H groups in total. The summed E-state index contributed by atoms with van der Waals surface area (Å²) in [6, 6.07) is 2.99. The number of rotatable bonds is 2. The van der Waals surface area contributed by atoms with Crippen LogP contribution in [0, 0.1) is 10.1 Å². The molecule has 0 spiro atoms. The highest BCUT2D eigenvalue weighted by Crippen LogP contribution is 2.22. The van der Waals surface area contributed by atoms with Crippen LogP contribution in [-0.4, -0.2) is 24.9 Å². The Morgan fingerprint density at radius 1 is 1.44 bits per heavy atom. The highest BCUT2D eigenvalue weighted by Gasteiger charge is 2.19. The number of nitro groups is 1. The average molecular weight is 241 g/mol. The van der Waals surface area contributed by atoms with Gasteiger partial charge in [-0.25, -0.2) is 0 Å². The zero-order chi connectivity index (χ0) is 11.7. The Morgan fingerprint density at radius 2 is 2.19 bits per heavy atom. The van der Waals surface area contributed by atoms with Crippen LogP contribution in [0.4, 0.5) is 11.5 Å². The van der Waals surface area contributed by atoms with Crippen molar-refractivity contribution in [3.8, 4) is 5.82 Å². The molecule has 0 unspecified atom stereocenters. The summed E-state index contributed by atoms with van der Waals surface area (Å²) in [5.41, 5.74) is 5.25. The Bertz CT molecular complexity index is 536. The Balaban J connectivity index is 2.49. The molecule has 0 radical (unpaired) electrons. The van der Waals surface area contributed by atoms with Crippen LogP contribution in [0.25, 0.3) is 5.82 Å². The van der Waals surface area contributed by atoms with E-state index >= 15 is 0 Å². The van der Waals surface area contributed by atoms with Crippen LogP contribution >= 0.6 is 11.6 Å². The number of aromatic nitrogens is 4. The summed E-state index contributed by atoms with van der Waals surface area (Å²) in [6.07, 6.45) is 1.05. The molecule has 9 heteroatoms. The van der Waals surface area contributed by atoms with E-state index in [0.717, 1.165) is 10.9 Å². The number of anilines is 1. The standard InChI is InChI=1S/C7H5ClN6O2/c8-5-1-2-6(12-11-5)13-7(9)4(3-10-13)14(15)16/h1-3H,9H2. The zero-order valence-corrected chi connectivity index (χ0v) is 8.50. The van der Waals surface area contributed by atoms with Gasteiger partial charge in [-0.1, -0.05) is 11.6 Å². The van der Waals surface area contributed by atoms with Crippen LogP contribution in [0.2, 0.25) is 5.15 Å². The molecule has 82 valence electrons. The molecule has 0 aliphatic carbocycles. The third-order valence-corrected chi connectivity index (χ3v) is 2.02. The summed E-state index contributed by atoms with van der Waals surface area (Å²) in [6.45, 7) is 0. The lowest BCUT2D eigenvalue weighted by Crippen LogP contribution is -2.05. The van der Waals surface area contributed by atoms with Crippen molar-refractivity contribution in [1.82, 2.24) is 20.0 Å². The van der Waals surface area contributed by atoms with E-state index in [-0.39, 0.29) is 22.5 Å². The molecule has 0 bridgehead atoms. The molecule has 2 aromatic heterocycles. The number of halogens is 1. The maximum absolute atomic E-state index is 10.5. The van der Waals surface area contributed by atoms with Crippen molar-refractivity contribution in [2.75, 3.05) is 5.73 Å². The molecule has 0 aliphatic heterocycles. The molecule has 8 nitrogen and oxygen atoms in total. The Hall–Kier alpha value is -2.22. The molecule has 0 saturated carbocycles. The number of nitrogens with zero attached hydrogens (tertiary/aromatic N) is 5. The van der Waals surface area contributed by atoms with E-state index in [1.807, 2.05) is 0 Å². The minimum Gasteiger partial charge on any atom is -0.378 e. The predicted molar refractivity (Wildman–Crippen MR) is 55.2 cm³/mol. The molecule has 2 aromatic rings. The van der Waals surface area contributed by atoms with Crippen LogP contribution in [-0.2, 0) is 0 Å². The van der Waals surface area contributed by atoms with Crippen LogP contribution in [0.1, 0.15) is 0 Å². The fraction of sp³-hybridized carbons (Fsp3) is 0. The maximum atomic E-state index is 10.5. The second-order valence-electron chi connectivity index (χ2n) is 2.80. The van der Waals surface area contributed by atoms with Gasteiger partial charge in [0.25, 0.3) is 0 Å². The Kier molecular flexibility index (Phi) is 2.41. The van der Waals surface area contributed by atoms with Crippen molar-refractivity contribution in [2.45, 2.75) is 0 Å². The quantitative estimate of drug-likeness (QED) is 0.614. The lowest BCUT2D eigenvalue weighted by molar-refractivity contribution is -0.383.